The summed E-state index contributed by atoms with van der Waals surface area (Å²) >= 11 is 0. The number of para-hydroxylation sites is 1. The van der Waals surface area contributed by atoms with Gasteiger partial charge in [-0.15, -0.1) is 0 Å². The van der Waals surface area contributed by atoms with Crippen LogP contribution in [0, 0.1) is 13.8 Å². The van der Waals surface area contributed by atoms with Gasteiger partial charge in [-0.3, -0.25) is 20.0 Å². The second-order valence-corrected chi connectivity index (χ2v) is 6.20. The monoisotopic (exact) mass is 367 g/mol. The maximum absolute atomic E-state index is 12.7. The molecule has 3 N–H and O–H groups in total. The van der Waals surface area contributed by atoms with Gasteiger partial charge in [0, 0.05) is 17.1 Å². The van der Waals surface area contributed by atoms with E-state index in [9.17, 15) is 9.59 Å². The number of nitrogens with one attached hydrogen (secondary N) is 3. The molecule has 140 valence electrons. The van der Waals surface area contributed by atoms with Gasteiger partial charge in [0.15, 0.2) is 5.82 Å². The van der Waals surface area contributed by atoms with Gasteiger partial charge in [-0.1, -0.05) is 30.3 Å². The van der Waals surface area contributed by atoms with E-state index in [4.69, 9.17) is 4.52 Å². The van der Waals surface area contributed by atoms with Crippen molar-refractivity contribution in [2.75, 3.05) is 5.32 Å². The van der Waals surface area contributed by atoms with Gasteiger partial charge in [0.1, 0.15) is 11.8 Å². The van der Waals surface area contributed by atoms with Gasteiger partial charge < -0.3 is 9.84 Å². The van der Waals surface area contributed by atoms with Crippen LogP contribution in [0.15, 0.2) is 40.9 Å². The number of hydrogen-bond acceptors (Lipinski definition) is 6. The molecule has 2 heterocycles. The highest BCUT2D eigenvalue weighted by Crippen LogP contribution is 2.18. The first kappa shape index (κ1) is 18.5. The third kappa shape index (κ3) is 4.29. The molecular weight excluding hydrogens is 346 g/mol. The standard InChI is InChI=1S/C19H21N5O3/c1-4-15(19(26)21-17-10-12(3)27-24-17)22-23-18(25)14-9-11(2)20-16-8-6-5-7-13(14)16/h5-10,15,22H,4H2,1-3H3,(H,23,25)(H,21,24,26)/t15-/m0/s1. The lowest BCUT2D eigenvalue weighted by Gasteiger charge is -2.17. The van der Waals surface area contributed by atoms with Crippen LogP contribution < -0.4 is 16.2 Å². The number of hydrazine groups is 1. The lowest BCUT2D eigenvalue weighted by Crippen LogP contribution is -2.49. The molecule has 27 heavy (non-hydrogen) atoms. The highest BCUT2D eigenvalue weighted by molar-refractivity contribution is 6.06. The molecule has 1 aromatic carbocycles. The predicted molar refractivity (Wildman–Crippen MR) is 101 cm³/mol. The Bertz CT molecular complexity index is 982. The van der Waals surface area contributed by atoms with Gasteiger partial charge in [0.2, 0.25) is 5.91 Å². The SMILES string of the molecule is CC[C@H](NNC(=O)c1cc(C)nc2ccccc12)C(=O)Nc1cc(C)on1. The molecule has 1 atom stereocenters. The molecule has 8 heteroatoms. The Labute approximate surface area is 156 Å². The van der Waals surface area contributed by atoms with Crippen molar-refractivity contribution in [2.24, 2.45) is 0 Å². The number of anilines is 1. The smallest absolute Gasteiger partial charge is 0.266 e. The molecule has 0 fully saturated rings. The van der Waals surface area contributed by atoms with Crippen LogP contribution in [-0.2, 0) is 4.79 Å². The van der Waals surface area contributed by atoms with Gasteiger partial charge in [0.05, 0.1) is 11.1 Å². The molecule has 0 aliphatic carbocycles. The Balaban J connectivity index is 1.69. The van der Waals surface area contributed by atoms with Crippen molar-refractivity contribution in [3.8, 4) is 0 Å². The van der Waals surface area contributed by atoms with Gasteiger partial charge in [-0.05, 0) is 32.4 Å². The lowest BCUT2D eigenvalue weighted by atomic mass is 10.1. The quantitative estimate of drug-likeness (QED) is 0.578. The van der Waals surface area contributed by atoms with Crippen LogP contribution in [0.4, 0.5) is 5.82 Å². The third-order valence-corrected chi connectivity index (χ3v) is 4.05. The van der Waals surface area contributed by atoms with Crippen molar-refractivity contribution < 1.29 is 14.1 Å². The first-order valence-corrected chi connectivity index (χ1v) is 8.64. The van der Waals surface area contributed by atoms with Crippen molar-refractivity contribution in [1.29, 1.82) is 0 Å². The van der Waals surface area contributed by atoms with E-state index in [-0.39, 0.29) is 11.8 Å². The number of amides is 2. The van der Waals surface area contributed by atoms with Crippen LogP contribution in [0.2, 0.25) is 0 Å². The van der Waals surface area contributed by atoms with Gasteiger partial charge in [0.25, 0.3) is 5.91 Å². The molecule has 0 bridgehead atoms. The van der Waals surface area contributed by atoms with E-state index in [0.717, 1.165) is 16.6 Å². The maximum atomic E-state index is 12.7. The molecule has 3 rings (SSSR count). The average molecular weight is 367 g/mol. The minimum Gasteiger partial charge on any atom is -0.360 e. The summed E-state index contributed by atoms with van der Waals surface area (Å²) in [6, 6.07) is 10.1. The second-order valence-electron chi connectivity index (χ2n) is 6.20. The summed E-state index contributed by atoms with van der Waals surface area (Å²) in [4.78, 5) is 29.4. The fraction of sp³-hybridized carbons (Fsp3) is 0.263. The van der Waals surface area contributed by atoms with Gasteiger partial charge >= 0.3 is 0 Å². The summed E-state index contributed by atoms with van der Waals surface area (Å²) in [6.07, 6.45) is 0.471. The fourth-order valence-electron chi connectivity index (χ4n) is 2.71. The largest absolute Gasteiger partial charge is 0.360 e. The molecular formula is C19H21N5O3. The minimum absolute atomic E-state index is 0.318. The van der Waals surface area contributed by atoms with Crippen LogP contribution in [0.1, 0.15) is 35.2 Å². The molecule has 0 saturated heterocycles. The molecule has 0 spiro atoms. The Morgan fingerprint density at radius 1 is 1.19 bits per heavy atom. The van der Waals surface area contributed by atoms with E-state index >= 15 is 0 Å². The van der Waals surface area contributed by atoms with Crippen molar-refractivity contribution in [3.05, 3.63) is 53.4 Å². The zero-order valence-corrected chi connectivity index (χ0v) is 15.4. The zero-order chi connectivity index (χ0) is 19.4. The Kier molecular flexibility index (Phi) is 5.46. The van der Waals surface area contributed by atoms with E-state index in [1.165, 1.54) is 0 Å². The lowest BCUT2D eigenvalue weighted by molar-refractivity contribution is -0.118. The number of aryl methyl sites for hydroxylation is 2. The Morgan fingerprint density at radius 2 is 1.96 bits per heavy atom. The second kappa shape index (κ2) is 7.96. The number of pyridine rings is 1. The maximum Gasteiger partial charge on any atom is 0.266 e. The summed E-state index contributed by atoms with van der Waals surface area (Å²) in [5.74, 6) is 0.279. The first-order valence-electron chi connectivity index (χ1n) is 8.64. The molecule has 2 amide bonds. The van der Waals surface area contributed by atoms with Crippen LogP contribution in [0.5, 0.6) is 0 Å². The van der Waals surface area contributed by atoms with Crippen LogP contribution in [0.25, 0.3) is 10.9 Å². The van der Waals surface area contributed by atoms with E-state index in [1.54, 1.807) is 19.1 Å². The fourth-order valence-corrected chi connectivity index (χ4v) is 2.71. The molecule has 0 aliphatic rings. The summed E-state index contributed by atoms with van der Waals surface area (Å²) in [7, 11) is 0. The Hall–Kier alpha value is -3.26. The molecule has 0 unspecified atom stereocenters. The molecule has 0 radical (unpaired) electrons. The number of fused-ring (bicyclic) bond motifs is 1. The normalized spacial score (nSPS) is 12.0. The summed E-state index contributed by atoms with van der Waals surface area (Å²) in [5.41, 5.74) is 7.39. The van der Waals surface area contributed by atoms with E-state index in [1.807, 2.05) is 38.1 Å². The average Bonchev–Trinajstić information content (AvgIpc) is 3.05. The predicted octanol–water partition coefficient (Wildman–Crippen LogP) is 2.49. The molecule has 0 aliphatic heterocycles. The van der Waals surface area contributed by atoms with E-state index in [2.05, 4.69) is 26.3 Å². The van der Waals surface area contributed by atoms with Crippen molar-refractivity contribution in [2.45, 2.75) is 33.2 Å². The minimum atomic E-state index is -0.625. The van der Waals surface area contributed by atoms with Gasteiger partial charge in [-0.25, -0.2) is 5.43 Å². The van der Waals surface area contributed by atoms with E-state index < -0.39 is 6.04 Å². The van der Waals surface area contributed by atoms with Crippen molar-refractivity contribution in [3.63, 3.8) is 0 Å². The molecule has 0 saturated carbocycles. The number of carbonyl (C=O) groups excluding carboxylic acids is 2. The van der Waals surface area contributed by atoms with Crippen molar-refractivity contribution >= 4 is 28.5 Å². The highest BCUT2D eigenvalue weighted by Gasteiger charge is 2.19. The number of benzene rings is 1. The number of hydrogen-bond donors (Lipinski definition) is 3. The van der Waals surface area contributed by atoms with Crippen LogP contribution in [-0.4, -0.2) is 28.0 Å². The number of aromatic nitrogens is 2. The highest BCUT2D eigenvalue weighted by atomic mass is 16.5. The molecule has 2 aromatic heterocycles. The van der Waals surface area contributed by atoms with Crippen LogP contribution in [0.3, 0.4) is 0 Å². The number of nitrogens with zero attached hydrogens (tertiary/aromatic N) is 2. The van der Waals surface area contributed by atoms with Crippen molar-refractivity contribution in [1.82, 2.24) is 21.0 Å². The Morgan fingerprint density at radius 3 is 2.67 bits per heavy atom. The molecule has 3 aromatic rings. The zero-order valence-electron chi connectivity index (χ0n) is 15.4. The number of carbonyl (C=O) groups is 2. The third-order valence-electron chi connectivity index (χ3n) is 4.05. The topological polar surface area (TPSA) is 109 Å². The van der Waals surface area contributed by atoms with Gasteiger partial charge in [-0.2, -0.15) is 0 Å². The van der Waals surface area contributed by atoms with E-state index in [0.29, 0.717) is 23.6 Å². The van der Waals surface area contributed by atoms with Crippen LogP contribution >= 0.6 is 0 Å². The first-order chi connectivity index (χ1) is 13.0. The summed E-state index contributed by atoms with van der Waals surface area (Å²) < 4.78 is 4.93. The summed E-state index contributed by atoms with van der Waals surface area (Å²) in [5, 5.41) is 7.13. The number of rotatable bonds is 6. The molecule has 8 nitrogen and oxygen atoms in total. The summed E-state index contributed by atoms with van der Waals surface area (Å²) in [6.45, 7) is 5.40.